The number of carbonyl (C=O) groups is 1. The van der Waals surface area contributed by atoms with E-state index >= 15 is 0 Å². The lowest BCUT2D eigenvalue weighted by atomic mass is 9.92. The second-order valence-corrected chi connectivity index (χ2v) is 5.28. The van der Waals surface area contributed by atoms with Crippen molar-refractivity contribution in [3.63, 3.8) is 0 Å². The zero-order valence-electron chi connectivity index (χ0n) is 10.8. The van der Waals surface area contributed by atoms with Crippen molar-refractivity contribution in [3.05, 3.63) is 24.3 Å². The molecule has 1 N–H and O–H groups in total. The summed E-state index contributed by atoms with van der Waals surface area (Å²) in [6, 6.07) is 7.80. The van der Waals surface area contributed by atoms with Crippen molar-refractivity contribution in [1.82, 2.24) is 0 Å². The number of anilines is 1. The van der Waals surface area contributed by atoms with E-state index in [9.17, 15) is 9.90 Å². The van der Waals surface area contributed by atoms with Gasteiger partial charge in [0.1, 0.15) is 5.75 Å². The Balaban J connectivity index is 2.26. The lowest BCUT2D eigenvalue weighted by Gasteiger charge is -2.30. The van der Waals surface area contributed by atoms with Gasteiger partial charge >= 0.3 is 5.97 Å². The fraction of sp³-hybridized carbons (Fsp3) is 0.500. The van der Waals surface area contributed by atoms with E-state index in [4.69, 9.17) is 4.74 Å². The first-order valence-corrected chi connectivity index (χ1v) is 6.21. The molecular formula is C14H19NO3. The second-order valence-electron chi connectivity index (χ2n) is 5.28. The maximum atomic E-state index is 11.2. The highest BCUT2D eigenvalue weighted by Gasteiger charge is 2.31. The molecule has 4 heteroatoms. The first kappa shape index (κ1) is 12.7. The van der Waals surface area contributed by atoms with Crippen LogP contribution in [-0.2, 0) is 4.79 Å². The van der Waals surface area contributed by atoms with Crippen LogP contribution in [0.4, 0.5) is 5.69 Å². The number of aliphatic carboxylic acids is 1. The van der Waals surface area contributed by atoms with Crippen molar-refractivity contribution in [2.75, 3.05) is 24.6 Å². The number of ether oxygens (including phenoxy) is 1. The fourth-order valence-corrected chi connectivity index (χ4v) is 2.11. The fourth-order valence-electron chi connectivity index (χ4n) is 2.11. The summed E-state index contributed by atoms with van der Waals surface area (Å²) < 4.78 is 5.66. The smallest absolute Gasteiger partial charge is 0.310 e. The molecule has 1 aliphatic rings. The molecule has 0 aromatic heterocycles. The Bertz CT molecular complexity index is 442. The zero-order chi connectivity index (χ0) is 13.2. The average Bonchev–Trinajstić information content (AvgIpc) is 2.52. The molecule has 0 amide bonds. The number of para-hydroxylation sites is 2. The van der Waals surface area contributed by atoms with Gasteiger partial charge in [-0.2, -0.15) is 0 Å². The van der Waals surface area contributed by atoms with Crippen molar-refractivity contribution in [3.8, 4) is 5.75 Å². The molecule has 2 rings (SSSR count). The van der Waals surface area contributed by atoms with Crippen LogP contribution in [0.1, 0.15) is 20.3 Å². The Morgan fingerprint density at radius 1 is 1.44 bits per heavy atom. The monoisotopic (exact) mass is 249 g/mol. The highest BCUT2D eigenvalue weighted by Crippen LogP contribution is 2.32. The number of hydrogen-bond acceptors (Lipinski definition) is 3. The van der Waals surface area contributed by atoms with E-state index in [1.54, 1.807) is 13.8 Å². The summed E-state index contributed by atoms with van der Waals surface area (Å²) >= 11 is 0. The number of carboxylic acids is 1. The minimum Gasteiger partial charge on any atom is -0.491 e. The number of fused-ring (bicyclic) bond motifs is 1. The average molecular weight is 249 g/mol. The minimum absolute atomic E-state index is 0.489. The van der Waals surface area contributed by atoms with Gasteiger partial charge in [0, 0.05) is 13.1 Å². The lowest BCUT2D eigenvalue weighted by Crippen LogP contribution is -2.39. The first-order chi connectivity index (χ1) is 8.50. The van der Waals surface area contributed by atoms with Crippen LogP contribution in [-0.4, -0.2) is 30.8 Å². The summed E-state index contributed by atoms with van der Waals surface area (Å²) in [5, 5.41) is 9.23. The Labute approximate surface area is 107 Å². The number of hydrogen-bond donors (Lipinski definition) is 1. The predicted molar refractivity (Wildman–Crippen MR) is 70.2 cm³/mol. The molecule has 0 atom stereocenters. The lowest BCUT2D eigenvalue weighted by molar-refractivity contribution is -0.146. The standard InChI is InChI=1S/C14H19NO3/c1-14(2,13(16)17)10-15-8-5-9-18-12-7-4-3-6-11(12)15/h3-4,6-7H,5,8-10H2,1-2H3,(H,16,17). The Hall–Kier alpha value is -1.71. The molecule has 0 saturated carbocycles. The summed E-state index contributed by atoms with van der Waals surface area (Å²) in [5.41, 5.74) is 0.224. The van der Waals surface area contributed by atoms with Gasteiger partial charge in [-0.15, -0.1) is 0 Å². The van der Waals surface area contributed by atoms with Crippen LogP contribution in [0.3, 0.4) is 0 Å². The molecule has 1 aromatic rings. The van der Waals surface area contributed by atoms with E-state index in [0.717, 1.165) is 24.4 Å². The first-order valence-electron chi connectivity index (χ1n) is 6.21. The molecule has 98 valence electrons. The van der Waals surface area contributed by atoms with Gasteiger partial charge in [-0.25, -0.2) is 0 Å². The zero-order valence-corrected chi connectivity index (χ0v) is 10.8. The molecule has 18 heavy (non-hydrogen) atoms. The number of benzene rings is 1. The summed E-state index contributed by atoms with van der Waals surface area (Å²) in [4.78, 5) is 13.3. The molecule has 4 nitrogen and oxygen atoms in total. The summed E-state index contributed by atoms with van der Waals surface area (Å²) in [6.45, 7) is 5.50. The van der Waals surface area contributed by atoms with Crippen LogP contribution >= 0.6 is 0 Å². The third-order valence-corrected chi connectivity index (χ3v) is 3.20. The third kappa shape index (κ3) is 2.58. The van der Waals surface area contributed by atoms with Crippen LogP contribution in [0.25, 0.3) is 0 Å². The predicted octanol–water partition coefficient (Wildman–Crippen LogP) is 2.39. The molecule has 0 saturated heterocycles. The summed E-state index contributed by atoms with van der Waals surface area (Å²) in [7, 11) is 0. The second kappa shape index (κ2) is 4.88. The normalized spacial score (nSPS) is 15.6. The largest absolute Gasteiger partial charge is 0.491 e. The molecule has 0 aliphatic carbocycles. The van der Waals surface area contributed by atoms with E-state index in [0.29, 0.717) is 13.2 Å². The number of rotatable bonds is 3. The quantitative estimate of drug-likeness (QED) is 0.893. The van der Waals surface area contributed by atoms with Crippen molar-refractivity contribution in [2.45, 2.75) is 20.3 Å². The number of nitrogens with zero attached hydrogens (tertiary/aromatic N) is 1. The molecule has 1 aromatic carbocycles. The molecule has 1 heterocycles. The van der Waals surface area contributed by atoms with Crippen molar-refractivity contribution in [1.29, 1.82) is 0 Å². The van der Waals surface area contributed by atoms with Gasteiger partial charge < -0.3 is 14.7 Å². The van der Waals surface area contributed by atoms with Crippen LogP contribution in [0.15, 0.2) is 24.3 Å². The van der Waals surface area contributed by atoms with Crippen molar-refractivity contribution >= 4 is 11.7 Å². The van der Waals surface area contributed by atoms with Crippen molar-refractivity contribution in [2.24, 2.45) is 5.41 Å². The maximum absolute atomic E-state index is 11.2. The van der Waals surface area contributed by atoms with Gasteiger partial charge in [0.2, 0.25) is 0 Å². The Morgan fingerprint density at radius 2 is 2.17 bits per heavy atom. The van der Waals surface area contributed by atoms with Gasteiger partial charge in [0.05, 0.1) is 17.7 Å². The molecule has 0 unspecified atom stereocenters. The molecular weight excluding hydrogens is 230 g/mol. The SMILES string of the molecule is CC(C)(CN1CCCOc2ccccc21)C(=O)O. The van der Waals surface area contributed by atoms with E-state index in [2.05, 4.69) is 4.90 Å². The van der Waals surface area contributed by atoms with Crippen LogP contribution in [0.2, 0.25) is 0 Å². The van der Waals surface area contributed by atoms with Crippen molar-refractivity contribution < 1.29 is 14.6 Å². The van der Waals surface area contributed by atoms with Gasteiger partial charge in [0.25, 0.3) is 0 Å². The minimum atomic E-state index is -0.773. The van der Waals surface area contributed by atoms with Gasteiger partial charge in [0.15, 0.2) is 0 Å². The molecule has 0 fully saturated rings. The molecule has 1 aliphatic heterocycles. The highest BCUT2D eigenvalue weighted by atomic mass is 16.5. The van der Waals surface area contributed by atoms with Gasteiger partial charge in [-0.05, 0) is 32.4 Å². The van der Waals surface area contributed by atoms with E-state index < -0.39 is 11.4 Å². The Morgan fingerprint density at radius 3 is 2.89 bits per heavy atom. The van der Waals surface area contributed by atoms with Crippen LogP contribution in [0, 0.1) is 5.41 Å². The molecule has 0 spiro atoms. The maximum Gasteiger partial charge on any atom is 0.310 e. The topological polar surface area (TPSA) is 49.8 Å². The highest BCUT2D eigenvalue weighted by molar-refractivity contribution is 5.75. The van der Waals surface area contributed by atoms with E-state index in [1.807, 2.05) is 24.3 Å². The van der Waals surface area contributed by atoms with Gasteiger partial charge in [-0.3, -0.25) is 4.79 Å². The third-order valence-electron chi connectivity index (χ3n) is 3.20. The van der Waals surface area contributed by atoms with Crippen LogP contribution in [0.5, 0.6) is 5.75 Å². The van der Waals surface area contributed by atoms with E-state index in [-0.39, 0.29) is 0 Å². The van der Waals surface area contributed by atoms with Crippen LogP contribution < -0.4 is 9.64 Å². The van der Waals surface area contributed by atoms with Gasteiger partial charge in [-0.1, -0.05) is 12.1 Å². The summed E-state index contributed by atoms with van der Waals surface area (Å²) in [5.74, 6) is 0.0707. The molecule has 0 radical (unpaired) electrons. The summed E-state index contributed by atoms with van der Waals surface area (Å²) in [6.07, 6.45) is 0.907. The van der Waals surface area contributed by atoms with E-state index in [1.165, 1.54) is 0 Å². The number of carboxylic acid groups (broad SMARTS) is 1. The molecule has 0 bridgehead atoms. The Kier molecular flexibility index (Phi) is 3.45.